The Labute approximate surface area is 128 Å². The van der Waals surface area contributed by atoms with Gasteiger partial charge >= 0.3 is 0 Å². The number of benzene rings is 2. The molecule has 1 heterocycles. The summed E-state index contributed by atoms with van der Waals surface area (Å²) in [5, 5.41) is 6.89. The summed E-state index contributed by atoms with van der Waals surface area (Å²) in [6.07, 6.45) is 1.26. The Morgan fingerprint density at radius 2 is 1.95 bits per heavy atom. The van der Waals surface area contributed by atoms with E-state index in [2.05, 4.69) is 10.6 Å². The third-order valence-corrected chi connectivity index (χ3v) is 3.82. The summed E-state index contributed by atoms with van der Waals surface area (Å²) in [7, 11) is 0. The molecule has 1 amide bonds. The van der Waals surface area contributed by atoms with E-state index in [-0.39, 0.29) is 5.91 Å². The van der Waals surface area contributed by atoms with Crippen LogP contribution in [0.4, 0.5) is 17.1 Å². The molecule has 2 aromatic carbocycles. The van der Waals surface area contributed by atoms with Crippen LogP contribution in [-0.2, 0) is 17.8 Å². The van der Waals surface area contributed by atoms with Crippen molar-refractivity contribution in [2.45, 2.75) is 19.4 Å². The second kappa shape index (κ2) is 5.66. The number of nitrogens with two attached hydrogens (primary N) is 1. The van der Waals surface area contributed by atoms with Gasteiger partial charge in [0, 0.05) is 23.7 Å². The van der Waals surface area contributed by atoms with E-state index in [4.69, 9.17) is 17.3 Å². The number of nitrogens with one attached hydrogen (secondary N) is 2. The van der Waals surface area contributed by atoms with Crippen molar-refractivity contribution in [3.63, 3.8) is 0 Å². The molecule has 21 heavy (non-hydrogen) atoms. The molecule has 1 aliphatic heterocycles. The second-order valence-electron chi connectivity index (χ2n) is 5.12. The molecule has 0 spiro atoms. The van der Waals surface area contributed by atoms with Gasteiger partial charge in [-0.1, -0.05) is 23.7 Å². The minimum absolute atomic E-state index is 0.0518. The van der Waals surface area contributed by atoms with Gasteiger partial charge < -0.3 is 16.4 Å². The summed E-state index contributed by atoms with van der Waals surface area (Å²) in [5.74, 6) is 0.0518. The van der Waals surface area contributed by atoms with Gasteiger partial charge in [0.05, 0.1) is 11.4 Å². The molecular formula is C16H16ClN3O. The fourth-order valence-corrected chi connectivity index (χ4v) is 2.53. The van der Waals surface area contributed by atoms with E-state index in [9.17, 15) is 4.79 Å². The molecular weight excluding hydrogens is 286 g/mol. The van der Waals surface area contributed by atoms with Crippen LogP contribution in [0.25, 0.3) is 0 Å². The Morgan fingerprint density at radius 1 is 1.19 bits per heavy atom. The monoisotopic (exact) mass is 301 g/mol. The summed E-state index contributed by atoms with van der Waals surface area (Å²) >= 11 is 5.87. The van der Waals surface area contributed by atoms with E-state index < -0.39 is 0 Å². The molecule has 108 valence electrons. The lowest BCUT2D eigenvalue weighted by molar-refractivity contribution is -0.116. The minimum atomic E-state index is 0.0518. The molecule has 0 radical (unpaired) electrons. The van der Waals surface area contributed by atoms with E-state index in [1.807, 2.05) is 36.4 Å². The summed E-state index contributed by atoms with van der Waals surface area (Å²) in [6, 6.07) is 11.5. The largest absolute Gasteiger partial charge is 0.397 e. The Bertz CT molecular complexity index is 683. The molecule has 0 saturated heterocycles. The lowest BCUT2D eigenvalue weighted by atomic mass is 10.0. The van der Waals surface area contributed by atoms with Crippen LogP contribution >= 0.6 is 11.6 Å². The van der Waals surface area contributed by atoms with Gasteiger partial charge in [-0.25, -0.2) is 0 Å². The van der Waals surface area contributed by atoms with Crippen LogP contribution < -0.4 is 16.4 Å². The standard InChI is InChI=1S/C16H16ClN3O/c17-12-4-1-10(2-5-12)9-19-15-8-14-11(7-13(15)18)3-6-16(21)20-14/h1-2,4-5,7-8,19H,3,6,9,18H2,(H,20,21). The van der Waals surface area contributed by atoms with Crippen LogP contribution in [0, 0.1) is 0 Å². The molecule has 0 fully saturated rings. The van der Waals surface area contributed by atoms with E-state index in [0.29, 0.717) is 18.7 Å². The highest BCUT2D eigenvalue weighted by Crippen LogP contribution is 2.31. The van der Waals surface area contributed by atoms with Gasteiger partial charge in [-0.3, -0.25) is 4.79 Å². The van der Waals surface area contributed by atoms with Gasteiger partial charge in [0.25, 0.3) is 0 Å². The average molecular weight is 302 g/mol. The Balaban J connectivity index is 1.77. The van der Waals surface area contributed by atoms with Crippen molar-refractivity contribution in [1.82, 2.24) is 0 Å². The van der Waals surface area contributed by atoms with Crippen LogP contribution in [0.2, 0.25) is 5.02 Å². The van der Waals surface area contributed by atoms with Gasteiger partial charge in [-0.15, -0.1) is 0 Å². The maximum absolute atomic E-state index is 11.5. The van der Waals surface area contributed by atoms with Crippen LogP contribution in [0.5, 0.6) is 0 Å². The van der Waals surface area contributed by atoms with Crippen LogP contribution in [0.15, 0.2) is 36.4 Å². The molecule has 2 aromatic rings. The van der Waals surface area contributed by atoms with Gasteiger partial charge in [0.2, 0.25) is 5.91 Å². The summed E-state index contributed by atoms with van der Waals surface area (Å²) in [5.41, 5.74) is 10.6. The molecule has 0 saturated carbocycles. The summed E-state index contributed by atoms with van der Waals surface area (Å²) in [4.78, 5) is 11.5. The van der Waals surface area contributed by atoms with Gasteiger partial charge in [-0.2, -0.15) is 0 Å². The van der Waals surface area contributed by atoms with Crippen molar-refractivity contribution in [3.05, 3.63) is 52.5 Å². The second-order valence-corrected chi connectivity index (χ2v) is 5.56. The number of aryl methyl sites for hydroxylation is 1. The zero-order valence-electron chi connectivity index (χ0n) is 11.4. The Kier molecular flexibility index (Phi) is 3.71. The number of carbonyl (C=O) groups is 1. The first-order chi connectivity index (χ1) is 10.1. The molecule has 5 heteroatoms. The van der Waals surface area contributed by atoms with Crippen molar-refractivity contribution in [1.29, 1.82) is 0 Å². The molecule has 0 atom stereocenters. The first kappa shape index (κ1) is 13.8. The van der Waals surface area contributed by atoms with Gasteiger partial charge in [0.15, 0.2) is 0 Å². The Morgan fingerprint density at radius 3 is 2.71 bits per heavy atom. The normalized spacial score (nSPS) is 13.5. The van der Waals surface area contributed by atoms with Crippen molar-refractivity contribution in [2.75, 3.05) is 16.4 Å². The SMILES string of the molecule is Nc1cc2c(cc1NCc1ccc(Cl)cc1)NC(=O)CC2. The number of rotatable bonds is 3. The van der Waals surface area contributed by atoms with E-state index >= 15 is 0 Å². The predicted octanol–water partition coefficient (Wildman–Crippen LogP) is 3.42. The van der Waals surface area contributed by atoms with Gasteiger partial charge in [-0.05, 0) is 41.8 Å². The smallest absolute Gasteiger partial charge is 0.224 e. The lowest BCUT2D eigenvalue weighted by Crippen LogP contribution is -2.19. The van der Waals surface area contributed by atoms with E-state index in [0.717, 1.165) is 33.9 Å². The molecule has 3 rings (SSSR count). The fourth-order valence-electron chi connectivity index (χ4n) is 2.40. The molecule has 1 aliphatic rings. The molecule has 4 N–H and O–H groups in total. The van der Waals surface area contributed by atoms with E-state index in [1.165, 1.54) is 0 Å². The van der Waals surface area contributed by atoms with E-state index in [1.54, 1.807) is 0 Å². The average Bonchev–Trinajstić information content (AvgIpc) is 2.47. The number of hydrogen-bond donors (Lipinski definition) is 3. The highest BCUT2D eigenvalue weighted by atomic mass is 35.5. The van der Waals surface area contributed by atoms with Crippen molar-refractivity contribution in [2.24, 2.45) is 0 Å². The molecule has 0 unspecified atom stereocenters. The third kappa shape index (κ3) is 3.11. The summed E-state index contributed by atoms with van der Waals surface area (Å²) in [6.45, 7) is 0.647. The highest BCUT2D eigenvalue weighted by Gasteiger charge is 2.16. The van der Waals surface area contributed by atoms with Crippen molar-refractivity contribution >= 4 is 34.6 Å². The van der Waals surface area contributed by atoms with Crippen LogP contribution in [-0.4, -0.2) is 5.91 Å². The minimum Gasteiger partial charge on any atom is -0.397 e. The quantitative estimate of drug-likeness (QED) is 0.761. The first-order valence-electron chi connectivity index (χ1n) is 6.82. The Hall–Kier alpha value is -2.20. The van der Waals surface area contributed by atoms with Crippen molar-refractivity contribution in [3.8, 4) is 0 Å². The predicted molar refractivity (Wildman–Crippen MR) is 86.6 cm³/mol. The first-order valence-corrected chi connectivity index (χ1v) is 7.20. The molecule has 0 bridgehead atoms. The van der Waals surface area contributed by atoms with Crippen molar-refractivity contribution < 1.29 is 4.79 Å². The fraction of sp³-hybridized carbons (Fsp3) is 0.188. The zero-order chi connectivity index (χ0) is 14.8. The number of halogens is 1. The van der Waals surface area contributed by atoms with Crippen LogP contribution in [0.3, 0.4) is 0 Å². The number of anilines is 3. The number of amides is 1. The molecule has 4 nitrogen and oxygen atoms in total. The number of carbonyl (C=O) groups excluding carboxylic acids is 1. The maximum Gasteiger partial charge on any atom is 0.224 e. The topological polar surface area (TPSA) is 67.2 Å². The zero-order valence-corrected chi connectivity index (χ0v) is 12.2. The lowest BCUT2D eigenvalue weighted by Gasteiger charge is -2.20. The van der Waals surface area contributed by atoms with Crippen LogP contribution in [0.1, 0.15) is 17.5 Å². The third-order valence-electron chi connectivity index (χ3n) is 3.57. The highest BCUT2D eigenvalue weighted by molar-refractivity contribution is 6.30. The maximum atomic E-state index is 11.5. The number of nitrogen functional groups attached to an aromatic ring is 1. The molecule has 0 aliphatic carbocycles. The van der Waals surface area contributed by atoms with Gasteiger partial charge in [0.1, 0.15) is 0 Å². The summed E-state index contributed by atoms with van der Waals surface area (Å²) < 4.78 is 0. The number of fused-ring (bicyclic) bond motifs is 1. The number of hydrogen-bond acceptors (Lipinski definition) is 3. The molecule has 0 aromatic heterocycles.